The molecule has 0 spiro atoms. The maximum atomic E-state index is 8.46. The van der Waals surface area contributed by atoms with E-state index in [1.807, 2.05) is 0 Å². The molecule has 0 aliphatic carbocycles. The van der Waals surface area contributed by atoms with E-state index in [1.54, 1.807) is 0 Å². The second kappa shape index (κ2) is 19.4. The fourth-order valence-electron chi connectivity index (χ4n) is 0. The second-order valence-electron chi connectivity index (χ2n) is 0.0816. The molecule has 35 valence electrons. The van der Waals surface area contributed by atoms with E-state index in [0.29, 0.717) is 0 Å². The van der Waals surface area contributed by atoms with Crippen molar-refractivity contribution in [3.63, 3.8) is 0 Å². The molecule has 0 aromatic rings. The zero-order valence-corrected chi connectivity index (χ0v) is 5.12. The largest absolute Gasteiger partial charge is 0.324 e. The summed E-state index contributed by atoms with van der Waals surface area (Å²) in [6.45, 7) is 0. The van der Waals surface area contributed by atoms with Crippen LogP contribution in [0.5, 0.6) is 0 Å². The number of hydrogen-bond donors (Lipinski definition) is 1. The minimum absolute atomic E-state index is 0. The smallest absolute Gasteiger partial charge is 0.310 e. The first-order valence-electron chi connectivity index (χ1n) is 0.383. The van der Waals surface area contributed by atoms with Crippen LogP contribution in [0.4, 0.5) is 0 Å². The molecule has 0 aromatic carbocycles. The molecule has 2 nitrogen and oxygen atoms in total. The van der Waals surface area contributed by atoms with Crippen LogP contribution in [0.1, 0.15) is 0 Å². The van der Waals surface area contributed by atoms with Gasteiger partial charge in [-0.2, -0.15) is 0 Å². The Bertz CT molecular complexity index is 17.1. The average Bonchev–Trinajstić information content (AvgIpc) is 0.918. The molecule has 0 heterocycles. The van der Waals surface area contributed by atoms with E-state index in [0.717, 1.165) is 0 Å². The molecule has 5 heavy (non-hydrogen) atoms. The van der Waals surface area contributed by atoms with Crippen LogP contribution in [0.3, 0.4) is 0 Å². The Morgan fingerprint density at radius 1 is 1.60 bits per heavy atom. The first-order valence-corrected chi connectivity index (χ1v) is 1.15. The summed E-state index contributed by atoms with van der Waals surface area (Å²) in [6, 6.07) is 0. The molecule has 0 atom stereocenters. The predicted molar refractivity (Wildman–Crippen MR) is 9.83 cm³/mol. The van der Waals surface area contributed by atoms with Crippen molar-refractivity contribution in [1.29, 1.82) is 0 Å². The molecule has 0 aliphatic rings. The van der Waals surface area contributed by atoms with Gasteiger partial charge in [-0.1, -0.05) is 0 Å². The van der Waals surface area contributed by atoms with Crippen LogP contribution in [-0.4, -0.2) is 4.89 Å². The monoisotopic (exact) mass is 179 g/mol. The van der Waals surface area contributed by atoms with Gasteiger partial charge in [-0.05, 0) is 0 Å². The summed E-state index contributed by atoms with van der Waals surface area (Å²) < 4.78 is 8.46. The fraction of sp³-hybridized carbons (Fsp3) is 0. The number of rotatable bonds is 0. The summed E-state index contributed by atoms with van der Waals surface area (Å²) >= 11 is 0. The molecule has 0 saturated carbocycles. The molecule has 0 rings (SSSR count). The zero-order valence-electron chi connectivity index (χ0n) is 2.01. The second-order valence-corrected chi connectivity index (χ2v) is 0.245. The van der Waals surface area contributed by atoms with Crippen molar-refractivity contribution in [3.8, 4) is 0 Å². The van der Waals surface area contributed by atoms with Crippen molar-refractivity contribution >= 4 is 8.69 Å². The summed E-state index contributed by atoms with van der Waals surface area (Å²) in [5.74, 6) is 0. The van der Waals surface area contributed by atoms with Gasteiger partial charge in [0.15, 0.2) is 0 Å². The van der Waals surface area contributed by atoms with Gasteiger partial charge in [-0.15, -0.1) is 0 Å². The topological polar surface area (TPSA) is 37.3 Å². The molecule has 5 heteroatoms. The van der Waals surface area contributed by atoms with E-state index >= 15 is 0 Å². The molecule has 0 unspecified atom stereocenters. The van der Waals surface area contributed by atoms with Crippen molar-refractivity contribution < 1.29 is 43.9 Å². The van der Waals surface area contributed by atoms with Gasteiger partial charge in [-0.25, -0.2) is 4.57 Å². The molecule has 1 N–H and O–H groups in total. The van der Waals surface area contributed by atoms with E-state index in [4.69, 9.17) is 9.46 Å². The SMILES string of the molecule is O=PO.[Cr].[Cu]. The zero-order chi connectivity index (χ0) is 2.71. The molecular weight excluding hydrogens is 179 g/mol. The summed E-state index contributed by atoms with van der Waals surface area (Å²) in [6.07, 6.45) is 0. The molecule has 0 saturated heterocycles. The number of hydrogen-bond acceptors (Lipinski definition) is 1. The normalized spacial score (nSPS) is 4.20. The van der Waals surface area contributed by atoms with E-state index in [-0.39, 0.29) is 34.4 Å². The molecule has 0 amide bonds. The Kier molecular flexibility index (Phi) is 63.9. The van der Waals surface area contributed by atoms with Gasteiger partial charge >= 0.3 is 8.69 Å². The van der Waals surface area contributed by atoms with Gasteiger partial charge < -0.3 is 4.89 Å². The van der Waals surface area contributed by atoms with E-state index < -0.39 is 8.69 Å². The van der Waals surface area contributed by atoms with E-state index in [9.17, 15) is 0 Å². The maximum Gasteiger partial charge on any atom is 0.324 e. The molecule has 1 radical (unpaired) electrons. The Morgan fingerprint density at radius 2 is 1.60 bits per heavy atom. The molecule has 0 aliphatic heterocycles. The molecule has 0 aromatic heterocycles. The van der Waals surface area contributed by atoms with Crippen LogP contribution < -0.4 is 0 Å². The van der Waals surface area contributed by atoms with Crippen molar-refractivity contribution in [2.45, 2.75) is 0 Å². The van der Waals surface area contributed by atoms with Crippen molar-refractivity contribution in [2.24, 2.45) is 0 Å². The summed E-state index contributed by atoms with van der Waals surface area (Å²) in [5.41, 5.74) is 0. The summed E-state index contributed by atoms with van der Waals surface area (Å²) in [4.78, 5) is 6.99. The fourth-order valence-corrected chi connectivity index (χ4v) is 0. The minimum atomic E-state index is -0.833. The minimum Gasteiger partial charge on any atom is -0.310 e. The van der Waals surface area contributed by atoms with Crippen molar-refractivity contribution in [1.82, 2.24) is 0 Å². The molecular formula is HCrCuO2P. The van der Waals surface area contributed by atoms with Crippen LogP contribution in [0.15, 0.2) is 0 Å². The van der Waals surface area contributed by atoms with Crippen LogP contribution in [0.2, 0.25) is 0 Å². The Morgan fingerprint density at radius 3 is 1.60 bits per heavy atom. The van der Waals surface area contributed by atoms with Gasteiger partial charge in [0.1, 0.15) is 0 Å². The Balaban J connectivity index is -0.0000000200. The quantitative estimate of drug-likeness (QED) is 0.426. The first-order chi connectivity index (χ1) is 1.41. The molecule has 0 fully saturated rings. The summed E-state index contributed by atoms with van der Waals surface area (Å²) in [5, 5.41) is 0. The van der Waals surface area contributed by atoms with E-state index in [2.05, 4.69) is 0 Å². The predicted octanol–water partition coefficient (Wildman–Crippen LogP) is 0.180. The van der Waals surface area contributed by atoms with Crippen molar-refractivity contribution in [3.05, 3.63) is 0 Å². The van der Waals surface area contributed by atoms with Crippen LogP contribution in [0.25, 0.3) is 0 Å². The standard InChI is InChI=1S/Cr.Cu.HO2P/c;;1-3-2/h;;(H,1,2). The third-order valence-electron chi connectivity index (χ3n) is 0. The first kappa shape index (κ1) is 16.5. The van der Waals surface area contributed by atoms with Gasteiger partial charge in [0.05, 0.1) is 0 Å². The van der Waals surface area contributed by atoms with Crippen LogP contribution >= 0.6 is 8.69 Å². The van der Waals surface area contributed by atoms with Gasteiger partial charge in [0.2, 0.25) is 0 Å². The molecule has 0 bridgehead atoms. The third-order valence-corrected chi connectivity index (χ3v) is 0. The average molecular weight is 180 g/mol. The van der Waals surface area contributed by atoms with E-state index in [1.165, 1.54) is 0 Å². The maximum absolute atomic E-state index is 8.46. The third kappa shape index (κ3) is 40.0. The Labute approximate surface area is 52.8 Å². The van der Waals surface area contributed by atoms with Crippen LogP contribution in [-0.2, 0) is 39.0 Å². The van der Waals surface area contributed by atoms with Gasteiger partial charge in [0.25, 0.3) is 0 Å². The van der Waals surface area contributed by atoms with Crippen molar-refractivity contribution in [2.75, 3.05) is 0 Å². The van der Waals surface area contributed by atoms with Gasteiger partial charge in [-0.3, -0.25) is 0 Å². The van der Waals surface area contributed by atoms with Crippen LogP contribution in [0, 0.1) is 0 Å². The Hall–Kier alpha value is 1.11. The summed E-state index contributed by atoms with van der Waals surface area (Å²) in [7, 11) is -0.833. The van der Waals surface area contributed by atoms with Gasteiger partial charge in [0, 0.05) is 34.4 Å².